The number of hydrogen-bond acceptors (Lipinski definition) is 2. The summed E-state index contributed by atoms with van der Waals surface area (Å²) in [7, 11) is 0. The van der Waals surface area contributed by atoms with Crippen LogP contribution in [0.3, 0.4) is 0 Å². The van der Waals surface area contributed by atoms with Gasteiger partial charge in [0, 0.05) is 11.8 Å². The van der Waals surface area contributed by atoms with Crippen LogP contribution in [0.5, 0.6) is 5.75 Å². The molecule has 3 aliphatic rings. The maximum absolute atomic E-state index is 6.11. The lowest BCUT2D eigenvalue weighted by Crippen LogP contribution is -2.34. The van der Waals surface area contributed by atoms with E-state index in [1.807, 2.05) is 29.3 Å². The average molecular weight is 282 g/mol. The van der Waals surface area contributed by atoms with Crippen molar-refractivity contribution in [2.75, 3.05) is 0 Å². The Morgan fingerprint density at radius 2 is 2.25 bits per heavy atom. The molecule has 1 spiro atoms. The van der Waals surface area contributed by atoms with Gasteiger partial charge in [-0.15, -0.1) is 0 Å². The number of ether oxygens (including phenoxy) is 1. The van der Waals surface area contributed by atoms with Crippen LogP contribution in [0.1, 0.15) is 11.1 Å². The van der Waals surface area contributed by atoms with Gasteiger partial charge in [-0.1, -0.05) is 30.4 Å². The molecule has 1 aromatic carbocycles. The first-order valence-electron chi connectivity index (χ1n) is 6.61. The van der Waals surface area contributed by atoms with Gasteiger partial charge in [0.1, 0.15) is 11.9 Å². The van der Waals surface area contributed by atoms with E-state index in [2.05, 4.69) is 30.4 Å². The third-order valence-corrected chi connectivity index (χ3v) is 4.43. The summed E-state index contributed by atoms with van der Waals surface area (Å²) in [5, 5.41) is 0.392. The molecule has 0 amide bonds. The van der Waals surface area contributed by atoms with Crippen molar-refractivity contribution in [2.45, 2.75) is 18.1 Å². The van der Waals surface area contributed by atoms with Crippen molar-refractivity contribution in [1.82, 2.24) is 4.90 Å². The summed E-state index contributed by atoms with van der Waals surface area (Å²) >= 11 is 5.13. The molecule has 0 saturated carbocycles. The molecule has 3 nitrogen and oxygen atoms in total. The summed E-state index contributed by atoms with van der Waals surface area (Å²) in [6, 6.07) is 6.18. The Morgan fingerprint density at radius 3 is 3.10 bits per heavy atom. The number of rotatable bonds is 0. The first kappa shape index (κ1) is 11.7. The van der Waals surface area contributed by atoms with E-state index in [9.17, 15) is 0 Å². The monoisotopic (exact) mass is 282 g/mol. The minimum atomic E-state index is -0.236. The fourth-order valence-electron chi connectivity index (χ4n) is 3.27. The van der Waals surface area contributed by atoms with Crippen LogP contribution in [0.25, 0.3) is 0 Å². The smallest absolute Gasteiger partial charge is 0.170 e. The molecule has 1 aliphatic carbocycles. The molecule has 4 heteroatoms. The number of hydrogen-bond donors (Lipinski definition) is 1. The van der Waals surface area contributed by atoms with Gasteiger partial charge in [-0.05, 0) is 36.0 Å². The Kier molecular flexibility index (Phi) is 2.32. The van der Waals surface area contributed by atoms with E-state index in [1.54, 1.807) is 0 Å². The van der Waals surface area contributed by atoms with Crippen molar-refractivity contribution < 1.29 is 4.74 Å². The molecule has 0 radical (unpaired) electrons. The number of thiocarbonyl (C=S) groups is 1. The molecule has 1 aromatic rings. The maximum atomic E-state index is 6.11. The highest BCUT2D eigenvalue weighted by atomic mass is 32.1. The topological polar surface area (TPSA) is 38.5 Å². The highest BCUT2D eigenvalue weighted by Crippen LogP contribution is 2.50. The molecule has 0 aromatic heterocycles. The molecule has 0 saturated heterocycles. The molecule has 2 aliphatic heterocycles. The lowest BCUT2D eigenvalue weighted by Gasteiger charge is -2.28. The van der Waals surface area contributed by atoms with E-state index in [0.29, 0.717) is 11.7 Å². The summed E-state index contributed by atoms with van der Waals surface area (Å²) in [5.74, 6) is 0.957. The van der Waals surface area contributed by atoms with Crippen molar-refractivity contribution in [1.29, 1.82) is 0 Å². The molecule has 2 N–H and O–H groups in total. The van der Waals surface area contributed by atoms with E-state index in [0.717, 1.165) is 5.75 Å². The second-order valence-corrected chi connectivity index (χ2v) is 5.71. The second-order valence-electron chi connectivity index (χ2n) is 5.29. The summed E-state index contributed by atoms with van der Waals surface area (Å²) in [6.07, 6.45) is 12.6. The molecule has 2 atom stereocenters. The van der Waals surface area contributed by atoms with Crippen LogP contribution in [0.4, 0.5) is 0 Å². The highest BCUT2D eigenvalue weighted by Gasteiger charge is 2.47. The second kappa shape index (κ2) is 3.96. The predicted octanol–water partition coefficient (Wildman–Crippen LogP) is 2.38. The largest absolute Gasteiger partial charge is 0.484 e. The molecular weight excluding hydrogens is 268 g/mol. The van der Waals surface area contributed by atoms with Gasteiger partial charge in [0.15, 0.2) is 5.11 Å². The fourth-order valence-corrected chi connectivity index (χ4v) is 3.39. The summed E-state index contributed by atoms with van der Waals surface area (Å²) in [6.45, 7) is 0.685. The molecule has 2 unspecified atom stereocenters. The maximum Gasteiger partial charge on any atom is 0.170 e. The van der Waals surface area contributed by atoms with Crippen LogP contribution in [-0.2, 0) is 12.0 Å². The van der Waals surface area contributed by atoms with Gasteiger partial charge in [-0.3, -0.25) is 0 Å². The fraction of sp³-hybridized carbons (Fsp3) is 0.188. The van der Waals surface area contributed by atoms with Gasteiger partial charge in [0.25, 0.3) is 0 Å². The van der Waals surface area contributed by atoms with Crippen molar-refractivity contribution in [3.8, 4) is 5.75 Å². The van der Waals surface area contributed by atoms with Crippen molar-refractivity contribution in [3.05, 3.63) is 65.9 Å². The van der Waals surface area contributed by atoms with E-state index < -0.39 is 0 Å². The van der Waals surface area contributed by atoms with Crippen LogP contribution in [-0.4, -0.2) is 16.1 Å². The summed E-state index contributed by atoms with van der Waals surface area (Å²) in [4.78, 5) is 1.90. The zero-order valence-corrected chi connectivity index (χ0v) is 11.6. The number of benzene rings is 1. The number of allylic oxidation sites excluding steroid dienone is 2. The summed E-state index contributed by atoms with van der Waals surface area (Å²) in [5.41, 5.74) is 8.02. The standard InChI is InChI=1S/C16H14N2OS/c17-15(20)18-9-8-16-7-2-1-6-13(16)19-12-5-3-4-11(10-18)14(12)16/h1-9,13H,10H2,(H2,17,20). The van der Waals surface area contributed by atoms with Crippen molar-refractivity contribution in [3.63, 3.8) is 0 Å². The van der Waals surface area contributed by atoms with E-state index in [-0.39, 0.29) is 11.5 Å². The van der Waals surface area contributed by atoms with E-state index in [1.165, 1.54) is 11.1 Å². The molecule has 20 heavy (non-hydrogen) atoms. The van der Waals surface area contributed by atoms with Gasteiger partial charge < -0.3 is 15.4 Å². The normalized spacial score (nSPS) is 28.6. The van der Waals surface area contributed by atoms with Crippen molar-refractivity contribution >= 4 is 17.3 Å². The molecule has 2 heterocycles. The van der Waals surface area contributed by atoms with E-state index in [4.69, 9.17) is 22.7 Å². The minimum absolute atomic E-state index is 0.00574. The first-order chi connectivity index (χ1) is 9.71. The molecule has 0 fully saturated rings. The third-order valence-electron chi connectivity index (χ3n) is 4.19. The quantitative estimate of drug-likeness (QED) is 0.742. The molecule has 100 valence electrons. The van der Waals surface area contributed by atoms with Crippen LogP contribution >= 0.6 is 12.2 Å². The van der Waals surface area contributed by atoms with Gasteiger partial charge in [-0.2, -0.15) is 0 Å². The van der Waals surface area contributed by atoms with Crippen LogP contribution < -0.4 is 10.5 Å². The molecule has 4 rings (SSSR count). The average Bonchev–Trinajstić information content (AvgIpc) is 2.68. The van der Waals surface area contributed by atoms with Gasteiger partial charge in [-0.25, -0.2) is 0 Å². The lowest BCUT2D eigenvalue weighted by molar-refractivity contribution is 0.241. The molecular formula is C16H14N2OS. The predicted molar refractivity (Wildman–Crippen MR) is 82.3 cm³/mol. The summed E-state index contributed by atoms with van der Waals surface area (Å²) < 4.78 is 6.11. The first-order valence-corrected chi connectivity index (χ1v) is 7.02. The Morgan fingerprint density at radius 1 is 1.35 bits per heavy atom. The Labute approximate surface area is 123 Å². The van der Waals surface area contributed by atoms with Crippen LogP contribution in [0.15, 0.2) is 54.8 Å². The highest BCUT2D eigenvalue weighted by molar-refractivity contribution is 7.80. The lowest BCUT2D eigenvalue weighted by atomic mass is 9.73. The number of nitrogens with two attached hydrogens (primary N) is 1. The van der Waals surface area contributed by atoms with Gasteiger partial charge in [0.05, 0.1) is 12.0 Å². The minimum Gasteiger partial charge on any atom is -0.484 e. The van der Waals surface area contributed by atoms with Crippen LogP contribution in [0.2, 0.25) is 0 Å². The number of nitrogens with zero attached hydrogens (tertiary/aromatic N) is 1. The Balaban J connectivity index is 1.97. The zero-order valence-electron chi connectivity index (χ0n) is 10.8. The SMILES string of the molecule is NC(=S)N1C=CC23C=CC=CC2Oc2cccc(c23)C1. The Hall–Kier alpha value is -2.07. The third kappa shape index (κ3) is 1.42. The molecule has 0 bridgehead atoms. The van der Waals surface area contributed by atoms with E-state index >= 15 is 0 Å². The van der Waals surface area contributed by atoms with Crippen molar-refractivity contribution in [2.24, 2.45) is 5.73 Å². The Bertz CT molecular complexity index is 692. The van der Waals surface area contributed by atoms with Crippen LogP contribution in [0, 0.1) is 0 Å². The van der Waals surface area contributed by atoms with Gasteiger partial charge >= 0.3 is 0 Å². The van der Waals surface area contributed by atoms with Gasteiger partial charge in [0.2, 0.25) is 0 Å². The zero-order chi connectivity index (χ0) is 13.7.